The summed E-state index contributed by atoms with van der Waals surface area (Å²) in [5.74, 6) is 1.10. The summed E-state index contributed by atoms with van der Waals surface area (Å²) in [4.78, 5) is 54.4. The fourth-order valence-corrected chi connectivity index (χ4v) is 5.68. The Morgan fingerprint density at radius 3 is 2.02 bits per heavy atom. The molecule has 0 radical (unpaired) electrons. The van der Waals surface area contributed by atoms with E-state index >= 15 is 0 Å². The first-order valence-corrected chi connectivity index (χ1v) is 14.7. The molecular formula is C23H46N11O8P. The van der Waals surface area contributed by atoms with E-state index in [4.69, 9.17) is 27.8 Å². The Morgan fingerprint density at radius 1 is 1.00 bits per heavy atom. The number of aliphatic hydroxyl groups is 2. The van der Waals surface area contributed by atoms with E-state index < -0.39 is 79.6 Å². The average Bonchev–Trinajstić information content (AvgIpc) is 3.17. The van der Waals surface area contributed by atoms with Gasteiger partial charge in [0, 0.05) is 31.6 Å². The third-order valence-corrected chi connectivity index (χ3v) is 8.18. The second-order valence-corrected chi connectivity index (χ2v) is 12.3. The van der Waals surface area contributed by atoms with Crippen LogP contribution in [0.25, 0.3) is 0 Å². The van der Waals surface area contributed by atoms with Gasteiger partial charge in [0.05, 0.1) is 8.22 Å². The number of carbonyl (C=O) groups is 4. The number of amides is 4. The van der Waals surface area contributed by atoms with Gasteiger partial charge in [-0.05, 0) is 41.8 Å². The van der Waals surface area contributed by atoms with E-state index in [1.165, 1.54) is 0 Å². The van der Waals surface area contributed by atoms with Crippen molar-refractivity contribution >= 4 is 37.9 Å². The van der Waals surface area contributed by atoms with Gasteiger partial charge in [-0.1, -0.05) is 0 Å². The first-order valence-electron chi connectivity index (χ1n) is 13.3. The number of nitrogens with one attached hydrogen (secondary N) is 4. The van der Waals surface area contributed by atoms with E-state index in [0.717, 1.165) is 0 Å². The number of aliphatic hydroxyl groups excluding tert-OH is 2. The van der Waals surface area contributed by atoms with Crippen LogP contribution >= 0.6 is 8.22 Å². The van der Waals surface area contributed by atoms with Crippen molar-refractivity contribution in [3.63, 3.8) is 0 Å². The van der Waals surface area contributed by atoms with Gasteiger partial charge >= 0.3 is 12.0 Å². The van der Waals surface area contributed by atoms with Crippen molar-refractivity contribution in [2.75, 3.05) is 27.2 Å². The lowest BCUT2D eigenvalue weighted by atomic mass is 10.1. The Balaban J connectivity index is 3.17. The van der Waals surface area contributed by atoms with Crippen LogP contribution in [0.5, 0.6) is 0 Å². The zero-order valence-electron chi connectivity index (χ0n) is 25.1. The molecule has 5 unspecified atom stereocenters. The molecule has 0 aliphatic carbocycles. The van der Waals surface area contributed by atoms with Crippen molar-refractivity contribution in [1.29, 1.82) is 0 Å². The van der Waals surface area contributed by atoms with Crippen LogP contribution < -0.4 is 43.9 Å². The van der Waals surface area contributed by atoms with Crippen LogP contribution in [0.15, 0.2) is 16.4 Å². The quantitative estimate of drug-likeness (QED) is 0.0147. The van der Waals surface area contributed by atoms with E-state index in [1.807, 2.05) is 33.0 Å². The zero-order chi connectivity index (χ0) is 33.2. The van der Waals surface area contributed by atoms with E-state index in [-0.39, 0.29) is 25.0 Å². The molecule has 1 heterocycles. The van der Waals surface area contributed by atoms with E-state index in [2.05, 4.69) is 20.5 Å². The van der Waals surface area contributed by atoms with Crippen LogP contribution in [0.3, 0.4) is 0 Å². The molecule has 1 fully saturated rings. The van der Waals surface area contributed by atoms with Gasteiger partial charge in [0.2, 0.25) is 5.91 Å². The topological polar surface area (TPSA) is 309 Å². The van der Waals surface area contributed by atoms with Gasteiger partial charge in [-0.3, -0.25) is 29.9 Å². The number of primary amides is 1. The van der Waals surface area contributed by atoms with Crippen molar-refractivity contribution in [3.05, 3.63) is 11.4 Å². The fourth-order valence-electron chi connectivity index (χ4n) is 3.69. The fraction of sp³-hybridized carbons (Fsp3) is 0.696. The van der Waals surface area contributed by atoms with Crippen molar-refractivity contribution in [3.8, 4) is 0 Å². The van der Waals surface area contributed by atoms with Gasteiger partial charge in [0.15, 0.2) is 17.8 Å². The normalized spacial score (nSPS) is 22.2. The summed E-state index contributed by atoms with van der Waals surface area (Å²) in [5, 5.41) is 42.6. The number of carbonyl (C=O) groups excluding carboxylic acids is 3. The minimum Gasteiger partial charge on any atom is -0.480 e. The van der Waals surface area contributed by atoms with Crippen LogP contribution in [0.2, 0.25) is 0 Å². The second kappa shape index (κ2) is 17.3. The lowest BCUT2D eigenvalue weighted by Crippen LogP contribution is -2.54. The van der Waals surface area contributed by atoms with Crippen LogP contribution in [0.4, 0.5) is 4.79 Å². The number of hydrogen-bond acceptors (Lipinski definition) is 13. The maximum atomic E-state index is 13.2. The number of ether oxygens (including phenoxy) is 1. The number of urea groups is 1. The van der Waals surface area contributed by atoms with Crippen LogP contribution in [0.1, 0.15) is 34.1 Å². The molecule has 1 saturated heterocycles. The number of carboxylic acids is 1. The summed E-state index contributed by atoms with van der Waals surface area (Å²) in [6, 6.07) is -1.32. The molecule has 4 amide bonds. The summed E-state index contributed by atoms with van der Waals surface area (Å²) in [6.07, 6.45) is -6.28. The number of aliphatic carboxylic acids is 1. The molecule has 0 aromatic rings. The smallest absolute Gasteiger partial charge is 0.327 e. The molecule has 0 spiro atoms. The van der Waals surface area contributed by atoms with E-state index in [1.54, 1.807) is 19.0 Å². The first-order chi connectivity index (χ1) is 19.9. The number of carboxylic acid groups (broad SMARTS) is 1. The van der Waals surface area contributed by atoms with E-state index in [9.17, 15) is 34.5 Å². The van der Waals surface area contributed by atoms with Gasteiger partial charge < -0.3 is 47.5 Å². The molecule has 1 rings (SSSR count). The van der Waals surface area contributed by atoms with E-state index in [0.29, 0.717) is 11.6 Å². The monoisotopic (exact) mass is 635 g/mol. The maximum absolute atomic E-state index is 13.2. The Labute approximate surface area is 251 Å². The lowest BCUT2D eigenvalue weighted by Gasteiger charge is -2.31. The van der Waals surface area contributed by atoms with Crippen molar-refractivity contribution in [2.45, 2.75) is 76.5 Å². The number of amidine groups is 1. The number of hydrogen-bond donors (Lipinski definition) is 11. The molecule has 246 valence electrons. The molecular weight excluding hydrogens is 589 g/mol. The summed E-state index contributed by atoms with van der Waals surface area (Å²) >= 11 is 0. The summed E-state index contributed by atoms with van der Waals surface area (Å²) in [7, 11) is 2.00. The average molecular weight is 636 g/mol. The highest BCUT2D eigenvalue weighted by Crippen LogP contribution is 2.33. The maximum Gasteiger partial charge on any atom is 0.327 e. The number of nitrogens with two attached hydrogens (primary N) is 4. The summed E-state index contributed by atoms with van der Waals surface area (Å²) in [5.41, 5.74) is 15.4. The van der Waals surface area contributed by atoms with Gasteiger partial charge in [-0.25, -0.2) is 15.6 Å². The number of nitrogens with zero attached hydrogens (tertiary/aromatic N) is 3. The predicted octanol–water partition coefficient (Wildman–Crippen LogP) is -3.88. The first kappa shape index (κ1) is 38.0. The molecule has 15 N–H and O–H groups in total. The Bertz CT molecular complexity index is 1050. The largest absolute Gasteiger partial charge is 0.480 e. The van der Waals surface area contributed by atoms with Gasteiger partial charge in [0.25, 0.3) is 5.91 Å². The minimum atomic E-state index is -1.76. The Kier molecular flexibility index (Phi) is 15.3. The molecule has 19 nitrogen and oxygen atoms in total. The summed E-state index contributed by atoms with van der Waals surface area (Å²) in [6.45, 7) is 7.54. The second-order valence-electron chi connectivity index (χ2n) is 10.6. The van der Waals surface area contributed by atoms with Crippen molar-refractivity contribution in [2.24, 2.45) is 28.0 Å². The molecule has 1 aliphatic heterocycles. The van der Waals surface area contributed by atoms with Crippen LogP contribution in [-0.4, -0.2) is 124 Å². The van der Waals surface area contributed by atoms with Gasteiger partial charge in [-0.2, -0.15) is 4.99 Å². The molecule has 0 saturated carbocycles. The van der Waals surface area contributed by atoms with Crippen LogP contribution in [-0.2, 0) is 19.1 Å². The number of aliphatic imine (C=N–C) groups is 1. The third kappa shape index (κ3) is 11.9. The Morgan fingerprint density at radius 2 is 1.56 bits per heavy atom. The van der Waals surface area contributed by atoms with Crippen LogP contribution in [0, 0.1) is 0 Å². The molecule has 43 heavy (non-hydrogen) atoms. The molecule has 5 atom stereocenters. The predicted molar refractivity (Wildman–Crippen MR) is 158 cm³/mol. The highest BCUT2D eigenvalue weighted by atomic mass is 31.1. The number of rotatable bonds is 16. The molecule has 1 aliphatic rings. The lowest BCUT2D eigenvalue weighted by molar-refractivity contribution is -0.148. The van der Waals surface area contributed by atoms with Gasteiger partial charge in [-0.15, -0.1) is 0 Å². The minimum absolute atomic E-state index is 0.0162. The van der Waals surface area contributed by atoms with Gasteiger partial charge in [0.1, 0.15) is 29.7 Å². The summed E-state index contributed by atoms with van der Waals surface area (Å²) < 4.78 is 5.62. The highest BCUT2D eigenvalue weighted by molar-refractivity contribution is 7.55. The van der Waals surface area contributed by atoms with Crippen molar-refractivity contribution in [1.82, 2.24) is 30.7 Å². The molecule has 0 aromatic heterocycles. The standard InChI is InChI=1S/C23H46N11O8P/c1-10(2)31-43(32-11(3)4)19(22(39)40)28-9-12-16(36)17(37)21(42-12)34(27)20(38)15(30-23(26)41)14(24)18(25)29-13(35)7-8-33(5)6/h10-12,16-17,19,21,28,31-32,36-37H,7-9,24,27H2,1-6H3,(H,39,40)(H2,25,29,35)(H3,26,30,41)/b15-14+. The molecule has 20 heteroatoms. The zero-order valence-corrected chi connectivity index (χ0v) is 26.0. The SMILES string of the molecule is CC(C)NP(NC(C)C)C(NCC1OC(N(N)C(=O)/C(NC(N)=O)=C(\N)C(N)=NC(=O)CCN(C)C)C(O)C1O)C(=O)O. The Hall–Kier alpha value is -3.00. The van der Waals surface area contributed by atoms with Crippen molar-refractivity contribution < 1.29 is 39.2 Å². The molecule has 0 bridgehead atoms. The molecule has 0 aromatic carbocycles. The number of hydrazine groups is 1. The highest BCUT2D eigenvalue weighted by Gasteiger charge is 2.47. The third-order valence-electron chi connectivity index (χ3n) is 5.67.